The van der Waals surface area contributed by atoms with Crippen molar-refractivity contribution in [2.45, 2.75) is 33.0 Å². The van der Waals surface area contributed by atoms with Crippen LogP contribution in [0.2, 0.25) is 0 Å². The second-order valence-corrected chi connectivity index (χ2v) is 4.88. The van der Waals surface area contributed by atoms with Crippen molar-refractivity contribution in [3.8, 4) is 11.5 Å². The predicted octanol–water partition coefficient (Wildman–Crippen LogP) is 2.77. The Kier molecular flexibility index (Phi) is 5.22. The van der Waals surface area contributed by atoms with E-state index in [1.165, 1.54) is 5.69 Å². The van der Waals surface area contributed by atoms with Crippen molar-refractivity contribution in [2.24, 2.45) is 0 Å². The van der Waals surface area contributed by atoms with Gasteiger partial charge in [-0.15, -0.1) is 0 Å². The highest BCUT2D eigenvalue weighted by Gasteiger charge is 2.13. The van der Waals surface area contributed by atoms with Crippen molar-refractivity contribution in [2.75, 3.05) is 14.2 Å². The maximum absolute atomic E-state index is 5.43. The summed E-state index contributed by atoms with van der Waals surface area (Å²) < 4.78 is 12.9. The summed E-state index contributed by atoms with van der Waals surface area (Å²) in [4.78, 5) is 4.18. The van der Waals surface area contributed by atoms with Crippen molar-refractivity contribution in [1.29, 1.82) is 0 Å². The number of rotatable bonds is 7. The van der Waals surface area contributed by atoms with Crippen molar-refractivity contribution in [1.82, 2.24) is 14.9 Å². The van der Waals surface area contributed by atoms with E-state index in [1.54, 1.807) is 14.2 Å². The molecule has 1 heterocycles. The summed E-state index contributed by atoms with van der Waals surface area (Å²) in [5, 5.41) is 3.51. The molecule has 0 amide bonds. The van der Waals surface area contributed by atoms with Gasteiger partial charge in [0.25, 0.3) is 0 Å². The number of aromatic nitrogens is 2. The van der Waals surface area contributed by atoms with Crippen LogP contribution in [-0.4, -0.2) is 23.8 Å². The first-order valence-corrected chi connectivity index (χ1v) is 7.13. The molecule has 1 aromatic carbocycles. The number of benzene rings is 1. The minimum absolute atomic E-state index is 0.148. The minimum Gasteiger partial charge on any atom is -0.497 e. The molecule has 0 saturated carbocycles. The summed E-state index contributed by atoms with van der Waals surface area (Å²) in [6.45, 7) is 5.91. The molecule has 0 saturated heterocycles. The van der Waals surface area contributed by atoms with Gasteiger partial charge >= 0.3 is 0 Å². The Morgan fingerprint density at radius 3 is 2.76 bits per heavy atom. The molecule has 1 aromatic heterocycles. The zero-order chi connectivity index (χ0) is 15.2. The van der Waals surface area contributed by atoms with Gasteiger partial charge in [0.1, 0.15) is 11.5 Å². The van der Waals surface area contributed by atoms with Crippen LogP contribution in [0, 0.1) is 0 Å². The summed E-state index contributed by atoms with van der Waals surface area (Å²) in [6, 6.07) is 5.99. The second kappa shape index (κ2) is 7.13. The Morgan fingerprint density at radius 1 is 1.29 bits per heavy atom. The smallest absolute Gasteiger partial charge is 0.123 e. The van der Waals surface area contributed by atoms with Crippen LogP contribution in [0.5, 0.6) is 11.5 Å². The Bertz CT molecular complexity index is 581. The van der Waals surface area contributed by atoms with Gasteiger partial charge in [-0.2, -0.15) is 0 Å². The average molecular weight is 289 g/mol. The Balaban J connectivity index is 2.10. The van der Waals surface area contributed by atoms with E-state index >= 15 is 0 Å². The molecule has 114 valence electrons. The number of methoxy groups -OCH3 is 2. The van der Waals surface area contributed by atoms with Crippen LogP contribution in [0.1, 0.15) is 31.1 Å². The third-order valence-electron chi connectivity index (χ3n) is 3.63. The maximum atomic E-state index is 5.43. The minimum atomic E-state index is 0.148. The largest absolute Gasteiger partial charge is 0.497 e. The molecule has 2 rings (SSSR count). The standard InChI is InChI=1S/C16H23N3O2/c1-5-19-11-17-9-13(19)10-18-12(2)15-8-14(20-3)6-7-16(15)21-4/h6-9,11-12,18H,5,10H2,1-4H3. The lowest BCUT2D eigenvalue weighted by Gasteiger charge is -2.18. The number of hydrogen-bond acceptors (Lipinski definition) is 4. The van der Waals surface area contributed by atoms with E-state index in [1.807, 2.05) is 30.7 Å². The number of ether oxygens (including phenoxy) is 2. The van der Waals surface area contributed by atoms with Crippen LogP contribution in [0.25, 0.3) is 0 Å². The molecule has 1 atom stereocenters. The fourth-order valence-corrected chi connectivity index (χ4v) is 2.33. The number of nitrogens with zero attached hydrogens (tertiary/aromatic N) is 2. The van der Waals surface area contributed by atoms with Gasteiger partial charge in [-0.3, -0.25) is 0 Å². The van der Waals surface area contributed by atoms with Gasteiger partial charge in [-0.1, -0.05) is 0 Å². The van der Waals surface area contributed by atoms with E-state index in [9.17, 15) is 0 Å². The first kappa shape index (κ1) is 15.4. The summed E-state index contributed by atoms with van der Waals surface area (Å²) >= 11 is 0. The molecule has 5 heteroatoms. The van der Waals surface area contributed by atoms with Gasteiger partial charge in [-0.25, -0.2) is 4.98 Å². The highest BCUT2D eigenvalue weighted by molar-refractivity contribution is 5.42. The van der Waals surface area contributed by atoms with Crippen molar-refractivity contribution >= 4 is 0 Å². The first-order valence-electron chi connectivity index (χ1n) is 7.13. The molecule has 2 aromatic rings. The third kappa shape index (κ3) is 3.55. The quantitative estimate of drug-likeness (QED) is 0.851. The molecule has 0 aliphatic rings. The topological polar surface area (TPSA) is 48.3 Å². The lowest BCUT2D eigenvalue weighted by Crippen LogP contribution is -2.20. The van der Waals surface area contributed by atoms with Crippen molar-refractivity contribution in [3.05, 3.63) is 42.0 Å². The van der Waals surface area contributed by atoms with E-state index in [4.69, 9.17) is 9.47 Å². The zero-order valence-electron chi connectivity index (χ0n) is 13.1. The lowest BCUT2D eigenvalue weighted by atomic mass is 10.1. The SMILES string of the molecule is CCn1cncc1CNC(C)c1cc(OC)ccc1OC. The lowest BCUT2D eigenvalue weighted by molar-refractivity contribution is 0.391. The molecule has 21 heavy (non-hydrogen) atoms. The molecule has 5 nitrogen and oxygen atoms in total. The van der Waals surface area contributed by atoms with Gasteiger partial charge < -0.3 is 19.4 Å². The summed E-state index contributed by atoms with van der Waals surface area (Å²) in [5.41, 5.74) is 2.26. The monoisotopic (exact) mass is 289 g/mol. The van der Waals surface area contributed by atoms with Gasteiger partial charge in [0.05, 0.1) is 26.2 Å². The van der Waals surface area contributed by atoms with E-state index in [-0.39, 0.29) is 6.04 Å². The van der Waals surface area contributed by atoms with Gasteiger partial charge in [0, 0.05) is 30.9 Å². The van der Waals surface area contributed by atoms with Crippen molar-refractivity contribution < 1.29 is 9.47 Å². The van der Waals surface area contributed by atoms with E-state index in [2.05, 4.69) is 28.7 Å². The van der Waals surface area contributed by atoms with E-state index in [0.29, 0.717) is 0 Å². The molecule has 1 N–H and O–H groups in total. The fourth-order valence-electron chi connectivity index (χ4n) is 2.33. The first-order chi connectivity index (χ1) is 10.2. The van der Waals surface area contributed by atoms with Crippen LogP contribution in [0.15, 0.2) is 30.7 Å². The normalized spacial score (nSPS) is 12.2. The molecule has 0 aliphatic heterocycles. The number of nitrogens with one attached hydrogen (secondary N) is 1. The zero-order valence-corrected chi connectivity index (χ0v) is 13.1. The maximum Gasteiger partial charge on any atom is 0.123 e. The highest BCUT2D eigenvalue weighted by atomic mass is 16.5. The fraction of sp³-hybridized carbons (Fsp3) is 0.438. The van der Waals surface area contributed by atoms with Crippen LogP contribution in [-0.2, 0) is 13.1 Å². The Hall–Kier alpha value is -2.01. The molecule has 1 unspecified atom stereocenters. The van der Waals surface area contributed by atoms with Crippen LogP contribution < -0.4 is 14.8 Å². The molecular formula is C16H23N3O2. The van der Waals surface area contributed by atoms with E-state index in [0.717, 1.165) is 30.2 Å². The van der Waals surface area contributed by atoms with Gasteiger partial charge in [0.2, 0.25) is 0 Å². The molecule has 0 fully saturated rings. The van der Waals surface area contributed by atoms with Gasteiger partial charge in [-0.05, 0) is 32.0 Å². The van der Waals surface area contributed by atoms with Crippen LogP contribution in [0.3, 0.4) is 0 Å². The van der Waals surface area contributed by atoms with Crippen molar-refractivity contribution in [3.63, 3.8) is 0 Å². The second-order valence-electron chi connectivity index (χ2n) is 4.88. The molecule has 0 aliphatic carbocycles. The number of imidazole rings is 1. The number of aryl methyl sites for hydroxylation is 1. The number of hydrogen-bond donors (Lipinski definition) is 1. The average Bonchev–Trinajstić information content (AvgIpc) is 2.99. The predicted molar refractivity (Wildman–Crippen MR) is 82.7 cm³/mol. The molecule has 0 spiro atoms. The van der Waals surface area contributed by atoms with Gasteiger partial charge in [0.15, 0.2) is 0 Å². The highest BCUT2D eigenvalue weighted by Crippen LogP contribution is 2.29. The Morgan fingerprint density at radius 2 is 2.10 bits per heavy atom. The summed E-state index contributed by atoms with van der Waals surface area (Å²) in [7, 11) is 3.35. The Labute approximate surface area is 125 Å². The summed E-state index contributed by atoms with van der Waals surface area (Å²) in [5.74, 6) is 1.69. The molecule has 0 bridgehead atoms. The van der Waals surface area contributed by atoms with Crippen LogP contribution >= 0.6 is 0 Å². The third-order valence-corrected chi connectivity index (χ3v) is 3.63. The summed E-state index contributed by atoms with van der Waals surface area (Å²) in [6.07, 6.45) is 3.75. The molecular weight excluding hydrogens is 266 g/mol. The van der Waals surface area contributed by atoms with E-state index < -0.39 is 0 Å². The molecule has 0 radical (unpaired) electrons. The van der Waals surface area contributed by atoms with Crippen LogP contribution in [0.4, 0.5) is 0 Å².